The van der Waals surface area contributed by atoms with Crippen LogP contribution >= 0.6 is 0 Å². The first kappa shape index (κ1) is 21.2. The van der Waals surface area contributed by atoms with Crippen LogP contribution in [0.25, 0.3) is 0 Å². The van der Waals surface area contributed by atoms with Crippen LogP contribution in [0.15, 0.2) is 55.1 Å². The third-order valence-corrected chi connectivity index (χ3v) is 4.69. The number of nitrogens with zero attached hydrogens (tertiary/aromatic N) is 1. The highest BCUT2D eigenvalue weighted by atomic mass is 16.5. The molecule has 0 fully saturated rings. The second-order valence-electron chi connectivity index (χ2n) is 7.57. The van der Waals surface area contributed by atoms with Gasteiger partial charge in [-0.1, -0.05) is 6.08 Å². The Morgan fingerprint density at radius 3 is 2.60 bits per heavy atom. The molecule has 0 radical (unpaired) electrons. The summed E-state index contributed by atoms with van der Waals surface area (Å²) in [5.41, 5.74) is 0.471. The molecular formula is C23H26N2O5. The maximum absolute atomic E-state index is 12.9. The zero-order valence-corrected chi connectivity index (χ0v) is 17.4. The summed E-state index contributed by atoms with van der Waals surface area (Å²) in [6.45, 7) is 7.90. The Morgan fingerprint density at radius 1 is 1.23 bits per heavy atom. The van der Waals surface area contributed by atoms with Crippen molar-refractivity contribution in [3.8, 4) is 17.2 Å². The van der Waals surface area contributed by atoms with E-state index in [4.69, 9.17) is 14.2 Å². The first-order chi connectivity index (χ1) is 14.3. The molecule has 0 aromatic heterocycles. The molecule has 1 N–H and O–H groups in total. The van der Waals surface area contributed by atoms with Gasteiger partial charge < -0.3 is 24.4 Å². The lowest BCUT2D eigenvalue weighted by Gasteiger charge is -2.27. The van der Waals surface area contributed by atoms with Gasteiger partial charge in [-0.2, -0.15) is 0 Å². The van der Waals surface area contributed by atoms with Gasteiger partial charge >= 0.3 is 0 Å². The molecule has 0 unspecified atom stereocenters. The van der Waals surface area contributed by atoms with E-state index in [1.165, 1.54) is 0 Å². The number of nitrogens with one attached hydrogen (secondary N) is 1. The molecule has 1 aliphatic heterocycles. The number of hydrogen-bond donors (Lipinski definition) is 1. The van der Waals surface area contributed by atoms with Crippen LogP contribution in [0.4, 0.5) is 11.4 Å². The summed E-state index contributed by atoms with van der Waals surface area (Å²) in [7, 11) is 1.58. The third-order valence-electron chi connectivity index (χ3n) is 4.69. The quantitative estimate of drug-likeness (QED) is 0.705. The summed E-state index contributed by atoms with van der Waals surface area (Å²) in [5, 5.41) is 2.80. The van der Waals surface area contributed by atoms with Gasteiger partial charge in [0.15, 0.2) is 6.61 Å². The summed E-state index contributed by atoms with van der Waals surface area (Å²) in [6, 6.07) is 12.2. The number of anilines is 2. The van der Waals surface area contributed by atoms with Crippen molar-refractivity contribution in [2.75, 3.05) is 37.1 Å². The van der Waals surface area contributed by atoms with Crippen LogP contribution in [-0.4, -0.2) is 38.7 Å². The third kappa shape index (κ3) is 4.74. The molecule has 0 saturated heterocycles. The van der Waals surface area contributed by atoms with Crippen molar-refractivity contribution in [3.05, 3.63) is 55.1 Å². The Bertz CT molecular complexity index is 937. The normalized spacial score (nSPS) is 14.8. The topological polar surface area (TPSA) is 77.1 Å². The number of hydrogen-bond acceptors (Lipinski definition) is 5. The molecule has 0 aliphatic carbocycles. The summed E-state index contributed by atoms with van der Waals surface area (Å²) in [4.78, 5) is 26.9. The average Bonchev–Trinajstić information content (AvgIpc) is 2.83. The van der Waals surface area contributed by atoms with Gasteiger partial charge in [0.25, 0.3) is 5.91 Å². The molecule has 0 saturated carbocycles. The number of benzene rings is 2. The van der Waals surface area contributed by atoms with Crippen molar-refractivity contribution >= 4 is 23.2 Å². The highest BCUT2D eigenvalue weighted by Crippen LogP contribution is 2.38. The van der Waals surface area contributed by atoms with E-state index in [1.807, 2.05) is 13.8 Å². The summed E-state index contributed by atoms with van der Waals surface area (Å²) in [5.74, 6) is 1.48. The number of carbonyl (C=O) groups is 2. The van der Waals surface area contributed by atoms with Gasteiger partial charge in [0.05, 0.1) is 18.2 Å². The number of carbonyl (C=O) groups excluding carboxylic acids is 2. The van der Waals surface area contributed by atoms with E-state index in [2.05, 4.69) is 11.9 Å². The average molecular weight is 410 g/mol. The molecule has 0 spiro atoms. The van der Waals surface area contributed by atoms with E-state index in [0.29, 0.717) is 35.2 Å². The number of rotatable bonds is 7. The fourth-order valence-corrected chi connectivity index (χ4v) is 3.05. The van der Waals surface area contributed by atoms with Gasteiger partial charge in [0.2, 0.25) is 5.91 Å². The summed E-state index contributed by atoms with van der Waals surface area (Å²) < 4.78 is 16.5. The zero-order chi connectivity index (χ0) is 21.7. The second-order valence-corrected chi connectivity index (χ2v) is 7.57. The lowest BCUT2D eigenvalue weighted by Crippen LogP contribution is -2.42. The van der Waals surface area contributed by atoms with Crippen LogP contribution in [0.5, 0.6) is 17.2 Å². The standard InChI is InChI=1S/C23H26N2O5/c1-5-12-25-19-13-16(6-11-20(19)30-15-23(2,3)22(25)27)24-21(26)14-29-18-9-7-17(28-4)8-10-18/h5-11,13H,1,12,14-15H2,2-4H3,(H,24,26). The molecule has 1 heterocycles. The van der Waals surface area contributed by atoms with E-state index >= 15 is 0 Å². The minimum Gasteiger partial charge on any atom is -0.497 e. The Labute approximate surface area is 176 Å². The Hall–Kier alpha value is -3.48. The minimum absolute atomic E-state index is 0.0625. The van der Waals surface area contributed by atoms with Crippen molar-refractivity contribution in [1.82, 2.24) is 0 Å². The summed E-state index contributed by atoms with van der Waals surface area (Å²) >= 11 is 0. The fraction of sp³-hybridized carbons (Fsp3) is 0.304. The van der Waals surface area contributed by atoms with E-state index in [1.54, 1.807) is 60.6 Å². The molecule has 2 aromatic carbocycles. The fourth-order valence-electron chi connectivity index (χ4n) is 3.05. The van der Waals surface area contributed by atoms with Gasteiger partial charge in [-0.25, -0.2) is 0 Å². The molecule has 7 nitrogen and oxygen atoms in total. The number of ether oxygens (including phenoxy) is 3. The van der Waals surface area contributed by atoms with Crippen LogP contribution in [0.3, 0.4) is 0 Å². The van der Waals surface area contributed by atoms with Crippen molar-refractivity contribution in [1.29, 1.82) is 0 Å². The van der Waals surface area contributed by atoms with Gasteiger partial charge in [0.1, 0.15) is 23.9 Å². The Balaban J connectivity index is 1.71. The van der Waals surface area contributed by atoms with Gasteiger partial charge in [-0.15, -0.1) is 6.58 Å². The highest BCUT2D eigenvalue weighted by Gasteiger charge is 2.37. The molecule has 7 heteroatoms. The molecule has 2 amide bonds. The van der Waals surface area contributed by atoms with Crippen molar-refractivity contribution in [3.63, 3.8) is 0 Å². The molecule has 0 atom stereocenters. The highest BCUT2D eigenvalue weighted by molar-refractivity contribution is 6.01. The van der Waals surface area contributed by atoms with Crippen LogP contribution < -0.4 is 24.4 Å². The van der Waals surface area contributed by atoms with Crippen molar-refractivity contribution in [2.45, 2.75) is 13.8 Å². The maximum atomic E-state index is 12.9. The van der Waals surface area contributed by atoms with Crippen LogP contribution in [0, 0.1) is 5.41 Å². The minimum atomic E-state index is -0.669. The molecular weight excluding hydrogens is 384 g/mol. The number of methoxy groups -OCH3 is 1. The lowest BCUT2D eigenvalue weighted by atomic mass is 9.93. The molecule has 2 aromatic rings. The van der Waals surface area contributed by atoms with Crippen LogP contribution in [0.1, 0.15) is 13.8 Å². The van der Waals surface area contributed by atoms with Crippen LogP contribution in [0.2, 0.25) is 0 Å². The first-order valence-electron chi connectivity index (χ1n) is 9.60. The van der Waals surface area contributed by atoms with E-state index in [-0.39, 0.29) is 25.0 Å². The molecule has 1 aliphatic rings. The van der Waals surface area contributed by atoms with E-state index in [9.17, 15) is 9.59 Å². The zero-order valence-electron chi connectivity index (χ0n) is 17.4. The number of fused-ring (bicyclic) bond motifs is 1. The monoisotopic (exact) mass is 410 g/mol. The number of amides is 2. The lowest BCUT2D eigenvalue weighted by molar-refractivity contribution is -0.127. The molecule has 3 rings (SSSR count). The maximum Gasteiger partial charge on any atom is 0.262 e. The van der Waals surface area contributed by atoms with Gasteiger partial charge in [-0.05, 0) is 56.3 Å². The van der Waals surface area contributed by atoms with Crippen molar-refractivity contribution < 1.29 is 23.8 Å². The van der Waals surface area contributed by atoms with Gasteiger partial charge in [-0.3, -0.25) is 9.59 Å². The molecule has 0 bridgehead atoms. The predicted octanol–water partition coefficient (Wildman–Crippen LogP) is 3.65. The largest absolute Gasteiger partial charge is 0.497 e. The Morgan fingerprint density at radius 2 is 1.93 bits per heavy atom. The molecule has 30 heavy (non-hydrogen) atoms. The predicted molar refractivity (Wildman–Crippen MR) is 115 cm³/mol. The SMILES string of the molecule is C=CCN1C(=O)C(C)(C)COc2ccc(NC(=O)COc3ccc(OC)cc3)cc21. The van der Waals surface area contributed by atoms with Gasteiger partial charge in [0, 0.05) is 12.2 Å². The molecule has 158 valence electrons. The van der Waals surface area contributed by atoms with E-state index < -0.39 is 5.41 Å². The first-order valence-corrected chi connectivity index (χ1v) is 9.60. The van der Waals surface area contributed by atoms with Crippen molar-refractivity contribution in [2.24, 2.45) is 5.41 Å². The van der Waals surface area contributed by atoms with E-state index in [0.717, 1.165) is 0 Å². The van der Waals surface area contributed by atoms with Crippen LogP contribution in [-0.2, 0) is 9.59 Å². The Kier molecular flexibility index (Phi) is 6.30. The smallest absolute Gasteiger partial charge is 0.262 e. The second kappa shape index (κ2) is 8.90. The summed E-state index contributed by atoms with van der Waals surface area (Å²) in [6.07, 6.45) is 1.66.